The number of halogens is 3. The first-order valence-corrected chi connectivity index (χ1v) is 11.5. The molecule has 1 aliphatic heterocycles. The molecule has 1 amide bonds. The number of sulfonamides is 1. The molecule has 1 aliphatic carbocycles. The first-order valence-electron chi connectivity index (χ1n) is 10.1. The summed E-state index contributed by atoms with van der Waals surface area (Å²) in [6, 6.07) is 9.34. The van der Waals surface area contributed by atoms with Crippen LogP contribution in [0.15, 0.2) is 47.4 Å². The van der Waals surface area contributed by atoms with E-state index >= 15 is 0 Å². The van der Waals surface area contributed by atoms with E-state index in [1.807, 2.05) is 0 Å². The summed E-state index contributed by atoms with van der Waals surface area (Å²) in [6.07, 6.45) is 0.120. The van der Waals surface area contributed by atoms with Crippen LogP contribution in [0, 0.1) is 0 Å². The number of nitrogens with one attached hydrogen (secondary N) is 2. The van der Waals surface area contributed by atoms with E-state index in [-0.39, 0.29) is 16.1 Å². The Balaban J connectivity index is 1.44. The lowest BCUT2D eigenvalue weighted by molar-refractivity contribution is -0.123. The second kappa shape index (κ2) is 8.19. The molecule has 1 fully saturated rings. The van der Waals surface area contributed by atoms with Crippen molar-refractivity contribution in [3.05, 3.63) is 48.0 Å². The van der Waals surface area contributed by atoms with Gasteiger partial charge in [0.05, 0.1) is 10.6 Å². The fraction of sp³-hybridized carbons (Fsp3) is 0.381. The van der Waals surface area contributed by atoms with Gasteiger partial charge in [0.1, 0.15) is 6.54 Å². The van der Waals surface area contributed by atoms with E-state index in [1.165, 1.54) is 0 Å². The average Bonchev–Trinajstić information content (AvgIpc) is 3.08. The molecule has 0 unspecified atom stereocenters. The Kier molecular flexibility index (Phi) is 5.70. The Morgan fingerprint density at radius 1 is 0.969 bits per heavy atom. The van der Waals surface area contributed by atoms with Crippen LogP contribution in [0.25, 0.3) is 0 Å². The molecule has 0 radical (unpaired) electrons. The van der Waals surface area contributed by atoms with Gasteiger partial charge in [0, 0.05) is 24.5 Å². The summed E-state index contributed by atoms with van der Waals surface area (Å²) in [6.45, 7) is -1.47. The van der Waals surface area contributed by atoms with Gasteiger partial charge in [-0.25, -0.2) is 8.42 Å². The normalized spacial score (nSPS) is 17.2. The zero-order valence-electron chi connectivity index (χ0n) is 16.9. The topological polar surface area (TPSA) is 93.7 Å². The highest BCUT2D eigenvalue weighted by atomic mass is 32.2. The van der Waals surface area contributed by atoms with Gasteiger partial charge >= 0.3 is 6.18 Å². The number of carbonyl (C=O) groups excluding carboxylic acids is 1. The van der Waals surface area contributed by atoms with Crippen LogP contribution in [0.4, 0.5) is 18.9 Å². The fourth-order valence-corrected chi connectivity index (χ4v) is 4.78. The highest BCUT2D eigenvalue weighted by Gasteiger charge is 2.42. The van der Waals surface area contributed by atoms with Crippen LogP contribution in [0.5, 0.6) is 11.5 Å². The lowest BCUT2D eigenvalue weighted by Crippen LogP contribution is -2.40. The maximum atomic E-state index is 12.7. The number of amides is 1. The maximum Gasteiger partial charge on any atom is 0.405 e. The lowest BCUT2D eigenvalue weighted by atomic mass is 9.94. The molecule has 32 heavy (non-hydrogen) atoms. The van der Waals surface area contributed by atoms with Gasteiger partial charge < -0.3 is 14.8 Å². The molecule has 2 N–H and O–H groups in total. The molecule has 7 nitrogen and oxygen atoms in total. The van der Waals surface area contributed by atoms with Crippen LogP contribution in [-0.2, 0) is 10.0 Å². The van der Waals surface area contributed by atoms with E-state index < -0.39 is 34.4 Å². The lowest BCUT2D eigenvalue weighted by Gasteiger charge is -2.31. The van der Waals surface area contributed by atoms with Gasteiger partial charge in [-0.15, -0.1) is 0 Å². The van der Waals surface area contributed by atoms with E-state index in [0.29, 0.717) is 11.5 Å². The molecule has 172 valence electrons. The summed E-state index contributed by atoms with van der Waals surface area (Å²) in [5, 5.41) is 1.73. The zero-order chi connectivity index (χ0) is 23.0. The molecule has 2 aromatic carbocycles. The summed E-state index contributed by atoms with van der Waals surface area (Å²) in [5.74, 6) is -0.611. The van der Waals surface area contributed by atoms with Crippen molar-refractivity contribution in [1.29, 1.82) is 0 Å². The van der Waals surface area contributed by atoms with Crippen LogP contribution in [0.3, 0.4) is 0 Å². The first-order chi connectivity index (χ1) is 15.1. The van der Waals surface area contributed by atoms with E-state index in [1.54, 1.807) is 23.5 Å². The quantitative estimate of drug-likeness (QED) is 0.683. The molecule has 2 aromatic rings. The van der Waals surface area contributed by atoms with Crippen LogP contribution in [0.2, 0.25) is 0 Å². The molecular weight excluding hydrogens is 449 g/mol. The fourth-order valence-electron chi connectivity index (χ4n) is 3.73. The molecule has 0 atom stereocenters. The summed E-state index contributed by atoms with van der Waals surface area (Å²) >= 11 is 0. The standard InChI is InChI=1S/C21H21F3N2O5S/c22-21(23,24)13-25-19(27)14-4-7-16(8-5-14)32(28,29)26-15-6-9-17-18(12-15)31-20(30-17)10-2-1-3-11-20/h4-9,12,26H,1-3,10-11,13H2,(H,25,27). The minimum absolute atomic E-state index is 0.0888. The van der Waals surface area contributed by atoms with E-state index in [0.717, 1.165) is 56.4 Å². The van der Waals surface area contributed by atoms with Gasteiger partial charge in [-0.3, -0.25) is 9.52 Å². The number of anilines is 1. The van der Waals surface area contributed by atoms with Crippen LogP contribution >= 0.6 is 0 Å². The van der Waals surface area contributed by atoms with Crippen molar-refractivity contribution in [2.24, 2.45) is 0 Å². The Morgan fingerprint density at radius 2 is 1.62 bits per heavy atom. The van der Waals surface area contributed by atoms with E-state index in [2.05, 4.69) is 4.72 Å². The van der Waals surface area contributed by atoms with Crippen molar-refractivity contribution >= 4 is 21.6 Å². The number of carbonyl (C=O) groups is 1. The average molecular weight is 470 g/mol. The number of ether oxygens (including phenoxy) is 2. The van der Waals surface area contributed by atoms with Gasteiger partial charge in [-0.1, -0.05) is 6.42 Å². The van der Waals surface area contributed by atoms with Gasteiger partial charge in [-0.2, -0.15) is 13.2 Å². The van der Waals surface area contributed by atoms with Gasteiger partial charge in [-0.05, 0) is 49.2 Å². The number of benzene rings is 2. The number of rotatable bonds is 5. The van der Waals surface area contributed by atoms with Crippen molar-refractivity contribution in [2.75, 3.05) is 11.3 Å². The number of fused-ring (bicyclic) bond motifs is 1. The van der Waals surface area contributed by atoms with E-state index in [9.17, 15) is 26.4 Å². The van der Waals surface area contributed by atoms with Gasteiger partial charge in [0.25, 0.3) is 21.7 Å². The third kappa shape index (κ3) is 4.93. The zero-order valence-corrected chi connectivity index (χ0v) is 17.7. The monoisotopic (exact) mass is 470 g/mol. The SMILES string of the molecule is O=C(NCC(F)(F)F)c1ccc(S(=O)(=O)Nc2ccc3c(c2)OC2(CCCCC2)O3)cc1. The molecule has 4 rings (SSSR count). The molecule has 1 spiro atoms. The predicted molar refractivity (Wildman–Crippen MR) is 109 cm³/mol. The minimum Gasteiger partial charge on any atom is -0.448 e. The largest absolute Gasteiger partial charge is 0.448 e. The highest BCUT2D eigenvalue weighted by molar-refractivity contribution is 7.92. The Morgan fingerprint density at radius 3 is 2.28 bits per heavy atom. The van der Waals surface area contributed by atoms with E-state index in [4.69, 9.17) is 9.47 Å². The third-order valence-corrected chi connectivity index (χ3v) is 6.68. The number of hydrogen-bond acceptors (Lipinski definition) is 5. The molecule has 2 aliphatic rings. The Hall–Kier alpha value is -2.95. The predicted octanol–water partition coefficient (Wildman–Crippen LogP) is 4.21. The van der Waals surface area contributed by atoms with Crippen molar-refractivity contribution in [3.8, 4) is 11.5 Å². The van der Waals surface area contributed by atoms with Gasteiger partial charge in [0.2, 0.25) is 0 Å². The van der Waals surface area contributed by atoms with Crippen molar-refractivity contribution in [1.82, 2.24) is 5.32 Å². The van der Waals surface area contributed by atoms with Crippen molar-refractivity contribution in [3.63, 3.8) is 0 Å². The smallest absolute Gasteiger partial charge is 0.405 e. The van der Waals surface area contributed by atoms with Crippen LogP contribution < -0.4 is 19.5 Å². The minimum atomic E-state index is -4.54. The van der Waals surface area contributed by atoms with Crippen molar-refractivity contribution in [2.45, 2.75) is 49.0 Å². The molecule has 1 heterocycles. The molecular formula is C21H21F3N2O5S. The second-order valence-corrected chi connectivity index (χ2v) is 9.45. The molecule has 0 saturated heterocycles. The second-order valence-electron chi connectivity index (χ2n) is 7.76. The molecule has 1 saturated carbocycles. The Labute approximate surface area is 183 Å². The number of alkyl halides is 3. The highest BCUT2D eigenvalue weighted by Crippen LogP contribution is 2.46. The summed E-state index contributed by atoms with van der Waals surface area (Å²) in [7, 11) is -4.00. The maximum absolute atomic E-state index is 12.7. The van der Waals surface area contributed by atoms with Crippen LogP contribution in [-0.4, -0.2) is 32.8 Å². The molecule has 11 heteroatoms. The number of hydrogen-bond donors (Lipinski definition) is 2. The summed E-state index contributed by atoms with van der Waals surface area (Å²) < 4.78 is 76.5. The molecule has 0 bridgehead atoms. The van der Waals surface area contributed by atoms with Crippen molar-refractivity contribution < 1.29 is 35.9 Å². The summed E-state index contributed by atoms with van der Waals surface area (Å²) in [4.78, 5) is 11.6. The van der Waals surface area contributed by atoms with Crippen LogP contribution in [0.1, 0.15) is 42.5 Å². The summed E-state index contributed by atoms with van der Waals surface area (Å²) in [5.41, 5.74) is 0.182. The van der Waals surface area contributed by atoms with Gasteiger partial charge in [0.15, 0.2) is 11.5 Å². The third-order valence-electron chi connectivity index (χ3n) is 5.28. The first kappa shape index (κ1) is 22.3. The molecule has 0 aromatic heterocycles. The Bertz CT molecular complexity index is 1110.